The molecule has 0 aliphatic rings. The molecule has 0 heterocycles. The zero-order valence-corrected chi connectivity index (χ0v) is 11.4. The molecule has 0 bridgehead atoms. The maximum atomic E-state index is 5.78. The summed E-state index contributed by atoms with van der Waals surface area (Å²) in [6.45, 7) is 7.50. The first kappa shape index (κ1) is 14.5. The molecule has 18 heavy (non-hydrogen) atoms. The van der Waals surface area contributed by atoms with E-state index in [2.05, 4.69) is 17.2 Å². The van der Waals surface area contributed by atoms with E-state index < -0.39 is 0 Å². The van der Waals surface area contributed by atoms with Gasteiger partial charge in [-0.25, -0.2) is 0 Å². The van der Waals surface area contributed by atoms with Crippen molar-refractivity contribution >= 4 is 11.6 Å². The lowest BCUT2D eigenvalue weighted by Crippen LogP contribution is -2.23. The topological polar surface area (TPSA) is 59.6 Å². The summed E-state index contributed by atoms with van der Waals surface area (Å²) in [5.74, 6) is 0.448. The average Bonchev–Trinajstić information content (AvgIpc) is 2.31. The minimum absolute atomic E-state index is 0.275. The molecule has 3 N–H and O–H groups in total. The number of hydrogen-bond donors (Lipinski definition) is 2. The van der Waals surface area contributed by atoms with Crippen LogP contribution in [0.15, 0.2) is 29.3 Å². The van der Waals surface area contributed by atoms with Crippen molar-refractivity contribution in [3.8, 4) is 0 Å². The fourth-order valence-electron chi connectivity index (χ4n) is 1.41. The standard InChI is InChI=1S/C14H23N3O/c1-11(2)18-10-4-9-16-14(15)17-13-7-5-12(3)6-8-13/h5-8,11H,4,9-10H2,1-3H3,(H3,15,16,17). The minimum Gasteiger partial charge on any atom is -0.379 e. The van der Waals surface area contributed by atoms with Crippen LogP contribution in [0.3, 0.4) is 0 Å². The van der Waals surface area contributed by atoms with Gasteiger partial charge in [0.25, 0.3) is 0 Å². The summed E-state index contributed by atoms with van der Waals surface area (Å²) in [7, 11) is 0. The molecule has 0 fully saturated rings. The van der Waals surface area contributed by atoms with Crippen molar-refractivity contribution in [3.05, 3.63) is 29.8 Å². The van der Waals surface area contributed by atoms with Gasteiger partial charge in [0.15, 0.2) is 5.96 Å². The Kier molecular flexibility index (Phi) is 6.22. The van der Waals surface area contributed by atoms with Crippen molar-refractivity contribution in [2.45, 2.75) is 33.3 Å². The molecule has 0 amide bonds. The normalized spacial score (nSPS) is 11.9. The third-order valence-electron chi connectivity index (χ3n) is 2.36. The van der Waals surface area contributed by atoms with Crippen LogP contribution in [0.25, 0.3) is 0 Å². The lowest BCUT2D eigenvalue weighted by molar-refractivity contribution is 0.0783. The number of guanidine groups is 1. The largest absolute Gasteiger partial charge is 0.379 e. The number of ether oxygens (including phenoxy) is 1. The fraction of sp³-hybridized carbons (Fsp3) is 0.500. The first-order chi connectivity index (χ1) is 8.58. The average molecular weight is 249 g/mol. The van der Waals surface area contributed by atoms with Crippen molar-refractivity contribution in [1.82, 2.24) is 0 Å². The van der Waals surface area contributed by atoms with Crippen LogP contribution in [-0.4, -0.2) is 25.2 Å². The third kappa shape index (κ3) is 6.25. The van der Waals surface area contributed by atoms with E-state index in [-0.39, 0.29) is 6.10 Å². The van der Waals surface area contributed by atoms with E-state index in [4.69, 9.17) is 10.5 Å². The Morgan fingerprint density at radius 1 is 1.33 bits per heavy atom. The van der Waals surface area contributed by atoms with E-state index in [1.165, 1.54) is 5.56 Å². The number of anilines is 1. The van der Waals surface area contributed by atoms with Gasteiger partial charge in [0.05, 0.1) is 6.10 Å². The molecule has 4 heteroatoms. The minimum atomic E-state index is 0.275. The zero-order chi connectivity index (χ0) is 13.4. The number of benzene rings is 1. The van der Waals surface area contributed by atoms with Crippen LogP contribution in [-0.2, 0) is 4.74 Å². The first-order valence-electron chi connectivity index (χ1n) is 6.33. The smallest absolute Gasteiger partial charge is 0.193 e. The van der Waals surface area contributed by atoms with E-state index in [1.807, 2.05) is 38.1 Å². The Morgan fingerprint density at radius 3 is 2.61 bits per heavy atom. The third-order valence-corrected chi connectivity index (χ3v) is 2.36. The van der Waals surface area contributed by atoms with E-state index in [0.717, 1.165) is 18.7 Å². The highest BCUT2D eigenvalue weighted by atomic mass is 16.5. The van der Waals surface area contributed by atoms with Crippen LogP contribution < -0.4 is 11.1 Å². The number of hydrogen-bond acceptors (Lipinski definition) is 2. The maximum Gasteiger partial charge on any atom is 0.193 e. The monoisotopic (exact) mass is 249 g/mol. The molecule has 0 unspecified atom stereocenters. The molecule has 1 rings (SSSR count). The van der Waals surface area contributed by atoms with Crippen LogP contribution in [0, 0.1) is 6.92 Å². The van der Waals surface area contributed by atoms with E-state index >= 15 is 0 Å². The number of nitrogens with two attached hydrogens (primary N) is 1. The van der Waals surface area contributed by atoms with Gasteiger partial charge in [0, 0.05) is 18.8 Å². The number of nitrogens with zero attached hydrogens (tertiary/aromatic N) is 1. The Bertz CT molecular complexity index is 371. The van der Waals surface area contributed by atoms with Gasteiger partial charge in [-0.2, -0.15) is 0 Å². The second-order valence-electron chi connectivity index (χ2n) is 4.53. The van der Waals surface area contributed by atoms with Gasteiger partial charge in [-0.3, -0.25) is 4.99 Å². The fourth-order valence-corrected chi connectivity index (χ4v) is 1.41. The summed E-state index contributed by atoms with van der Waals surface area (Å²) >= 11 is 0. The highest BCUT2D eigenvalue weighted by molar-refractivity contribution is 5.92. The number of aliphatic imine (C=N–C) groups is 1. The second kappa shape index (κ2) is 7.71. The highest BCUT2D eigenvalue weighted by Crippen LogP contribution is 2.07. The molecule has 0 aliphatic heterocycles. The van der Waals surface area contributed by atoms with Gasteiger partial charge in [-0.1, -0.05) is 17.7 Å². The van der Waals surface area contributed by atoms with Crippen molar-refractivity contribution in [2.24, 2.45) is 10.7 Å². The molecule has 0 radical (unpaired) electrons. The molecule has 0 spiro atoms. The van der Waals surface area contributed by atoms with E-state index in [1.54, 1.807) is 0 Å². The Morgan fingerprint density at radius 2 is 2.00 bits per heavy atom. The molecule has 0 atom stereocenters. The molecule has 0 aliphatic carbocycles. The summed E-state index contributed by atoms with van der Waals surface area (Å²) in [5, 5.41) is 3.06. The SMILES string of the molecule is Cc1ccc(NC(N)=NCCCOC(C)C)cc1. The summed E-state index contributed by atoms with van der Waals surface area (Å²) in [6.07, 6.45) is 1.16. The van der Waals surface area contributed by atoms with Gasteiger partial charge in [0.1, 0.15) is 0 Å². The van der Waals surface area contributed by atoms with Gasteiger partial charge in [-0.15, -0.1) is 0 Å². The highest BCUT2D eigenvalue weighted by Gasteiger charge is 1.95. The molecule has 0 saturated carbocycles. The molecular weight excluding hydrogens is 226 g/mol. The van der Waals surface area contributed by atoms with E-state index in [9.17, 15) is 0 Å². The summed E-state index contributed by atoms with van der Waals surface area (Å²) in [5.41, 5.74) is 7.97. The quantitative estimate of drug-likeness (QED) is 0.463. The Hall–Kier alpha value is -1.55. The summed E-state index contributed by atoms with van der Waals surface area (Å²) in [6, 6.07) is 8.04. The van der Waals surface area contributed by atoms with Crippen molar-refractivity contribution in [1.29, 1.82) is 0 Å². The van der Waals surface area contributed by atoms with Crippen LogP contribution >= 0.6 is 0 Å². The van der Waals surface area contributed by atoms with Crippen LogP contribution in [0.4, 0.5) is 5.69 Å². The van der Waals surface area contributed by atoms with Crippen molar-refractivity contribution in [2.75, 3.05) is 18.5 Å². The van der Waals surface area contributed by atoms with Gasteiger partial charge in [-0.05, 0) is 39.3 Å². The van der Waals surface area contributed by atoms with Crippen molar-refractivity contribution in [3.63, 3.8) is 0 Å². The molecular formula is C14H23N3O. The Labute approximate surface area is 109 Å². The van der Waals surface area contributed by atoms with Crippen LogP contribution in [0.5, 0.6) is 0 Å². The zero-order valence-electron chi connectivity index (χ0n) is 11.4. The maximum absolute atomic E-state index is 5.78. The van der Waals surface area contributed by atoms with Gasteiger partial charge in [0.2, 0.25) is 0 Å². The van der Waals surface area contributed by atoms with Crippen LogP contribution in [0.1, 0.15) is 25.8 Å². The molecule has 100 valence electrons. The first-order valence-corrected chi connectivity index (χ1v) is 6.33. The summed E-state index contributed by atoms with van der Waals surface area (Å²) < 4.78 is 5.42. The number of aryl methyl sites for hydroxylation is 1. The van der Waals surface area contributed by atoms with E-state index in [0.29, 0.717) is 12.5 Å². The predicted molar refractivity (Wildman–Crippen MR) is 77.0 cm³/mol. The second-order valence-corrected chi connectivity index (χ2v) is 4.53. The molecule has 0 saturated heterocycles. The number of nitrogens with one attached hydrogen (secondary N) is 1. The Balaban J connectivity index is 2.27. The van der Waals surface area contributed by atoms with Gasteiger partial charge >= 0.3 is 0 Å². The predicted octanol–water partition coefficient (Wildman–Crippen LogP) is 2.54. The summed E-state index contributed by atoms with van der Waals surface area (Å²) in [4.78, 5) is 4.24. The number of rotatable bonds is 6. The van der Waals surface area contributed by atoms with Gasteiger partial charge < -0.3 is 15.8 Å². The lowest BCUT2D eigenvalue weighted by atomic mass is 10.2. The van der Waals surface area contributed by atoms with Crippen LogP contribution in [0.2, 0.25) is 0 Å². The molecule has 4 nitrogen and oxygen atoms in total. The molecule has 1 aromatic rings. The molecule has 0 aromatic heterocycles. The lowest BCUT2D eigenvalue weighted by Gasteiger charge is -2.07. The molecule has 1 aromatic carbocycles. The van der Waals surface area contributed by atoms with Crippen molar-refractivity contribution < 1.29 is 4.74 Å².